The number of carbonyl (C=O) groups excluding carboxylic acids is 1. The van der Waals surface area contributed by atoms with Gasteiger partial charge in [-0.1, -0.05) is 44.2 Å². The molecule has 5 rings (SSSR count). The quantitative estimate of drug-likeness (QED) is 0.430. The van der Waals surface area contributed by atoms with E-state index in [1.54, 1.807) is 0 Å². The summed E-state index contributed by atoms with van der Waals surface area (Å²) in [5, 5.41) is 8.57. The monoisotopic (exact) mass is 550 g/mol. The second kappa shape index (κ2) is 10.3. The Bertz CT molecular complexity index is 1510. The Hall–Kier alpha value is -3.43. The second-order valence-electron chi connectivity index (χ2n) is 11.2. The van der Waals surface area contributed by atoms with Gasteiger partial charge in [0.05, 0.1) is 6.04 Å². The molecule has 0 bridgehead atoms. The van der Waals surface area contributed by atoms with Gasteiger partial charge in [-0.15, -0.1) is 0 Å². The second-order valence-corrected chi connectivity index (χ2v) is 12.9. The average molecular weight is 551 g/mol. The summed E-state index contributed by atoms with van der Waals surface area (Å²) in [7, 11) is -4.06. The van der Waals surface area contributed by atoms with Crippen molar-refractivity contribution in [3.05, 3.63) is 88.7 Å². The van der Waals surface area contributed by atoms with E-state index in [2.05, 4.69) is 64.5 Å². The smallest absolute Gasteiger partial charge is 0.216 e. The maximum Gasteiger partial charge on any atom is 0.216 e. The number of hydrogen-bond donors (Lipinski definition) is 2. The molecular formula is C30H35FN4O3S. The Morgan fingerprint density at radius 2 is 1.72 bits per heavy atom. The van der Waals surface area contributed by atoms with Gasteiger partial charge < -0.3 is 15.1 Å². The molecular weight excluding hydrogens is 515 g/mol. The van der Waals surface area contributed by atoms with Crippen LogP contribution >= 0.6 is 0 Å². The number of aryl methyl sites for hydroxylation is 1. The summed E-state index contributed by atoms with van der Waals surface area (Å²) in [5.74, 6) is -2.18. The third-order valence-corrected chi connectivity index (χ3v) is 8.54. The summed E-state index contributed by atoms with van der Waals surface area (Å²) in [4.78, 5) is 17.7. The molecule has 0 saturated carbocycles. The van der Waals surface area contributed by atoms with Crippen LogP contribution in [-0.2, 0) is 15.4 Å². The number of ketones is 1. The summed E-state index contributed by atoms with van der Waals surface area (Å²) >= 11 is 0. The van der Waals surface area contributed by atoms with Crippen LogP contribution in [0, 0.1) is 12.7 Å². The Morgan fingerprint density at radius 1 is 1.03 bits per heavy atom. The SMILES string of the molecule is Cc1ccccc1N1CCN(c2cccc(C3CC(C)(C)c4cc(F)cc(C(=O)CS(N)(=O)=O)c4N3)c2)CC1. The molecule has 0 aliphatic carbocycles. The molecule has 39 heavy (non-hydrogen) atoms. The Morgan fingerprint density at radius 3 is 2.41 bits per heavy atom. The van der Waals surface area contributed by atoms with Crippen LogP contribution in [0.5, 0.6) is 0 Å². The lowest BCUT2D eigenvalue weighted by Crippen LogP contribution is -2.46. The lowest BCUT2D eigenvalue weighted by atomic mass is 9.73. The summed E-state index contributed by atoms with van der Waals surface area (Å²) in [5.41, 5.74) is 5.43. The van der Waals surface area contributed by atoms with Gasteiger partial charge in [-0.05, 0) is 65.8 Å². The Balaban J connectivity index is 1.39. The number of halogens is 1. The number of Topliss-reactive ketones (excluding diaryl/α,β-unsaturated/α-hetero) is 1. The van der Waals surface area contributed by atoms with Crippen LogP contribution in [-0.4, -0.2) is 46.1 Å². The molecule has 1 unspecified atom stereocenters. The number of para-hydroxylation sites is 1. The highest BCUT2D eigenvalue weighted by atomic mass is 32.2. The molecule has 1 atom stereocenters. The summed E-state index contributed by atoms with van der Waals surface area (Å²) in [6.07, 6.45) is 0.677. The molecule has 0 aromatic heterocycles. The minimum atomic E-state index is -4.06. The molecule has 2 aliphatic rings. The first kappa shape index (κ1) is 27.1. The number of nitrogens with two attached hydrogens (primary N) is 1. The normalized spacial score (nSPS) is 18.8. The van der Waals surface area contributed by atoms with Crippen molar-refractivity contribution < 1.29 is 17.6 Å². The molecule has 7 nitrogen and oxygen atoms in total. The summed E-state index contributed by atoms with van der Waals surface area (Å²) in [6.45, 7) is 9.83. The maximum absolute atomic E-state index is 14.6. The number of carbonyl (C=O) groups is 1. The predicted octanol–water partition coefficient (Wildman–Crippen LogP) is 4.77. The van der Waals surface area contributed by atoms with Crippen LogP contribution in [0.25, 0.3) is 0 Å². The first-order valence-electron chi connectivity index (χ1n) is 13.2. The van der Waals surface area contributed by atoms with Crippen molar-refractivity contribution in [2.45, 2.75) is 38.6 Å². The molecule has 2 aliphatic heterocycles. The van der Waals surface area contributed by atoms with Gasteiger partial charge in [0.2, 0.25) is 10.0 Å². The number of hydrogen-bond acceptors (Lipinski definition) is 6. The number of nitrogens with zero attached hydrogens (tertiary/aromatic N) is 2. The van der Waals surface area contributed by atoms with E-state index >= 15 is 0 Å². The van der Waals surface area contributed by atoms with Crippen molar-refractivity contribution in [1.82, 2.24) is 0 Å². The average Bonchev–Trinajstić information content (AvgIpc) is 2.88. The lowest BCUT2D eigenvalue weighted by molar-refractivity contribution is 0.102. The fraction of sp³-hybridized carbons (Fsp3) is 0.367. The standard InChI is InChI=1S/C30H35FN4O3S/c1-20-7-4-5-10-27(20)35-13-11-34(12-14-35)23-9-6-8-21(15-23)26-18-30(2,3)25-17-22(31)16-24(29(25)33-26)28(36)19-39(32,37)38/h4-10,15-17,26,33H,11-14,18-19H2,1-3H3,(H2,32,37,38). The van der Waals surface area contributed by atoms with Crippen molar-refractivity contribution in [1.29, 1.82) is 0 Å². The molecule has 1 saturated heterocycles. The van der Waals surface area contributed by atoms with E-state index in [-0.39, 0.29) is 11.6 Å². The molecule has 0 amide bonds. The molecule has 3 N–H and O–H groups in total. The van der Waals surface area contributed by atoms with Gasteiger partial charge in [0.15, 0.2) is 5.78 Å². The lowest BCUT2D eigenvalue weighted by Gasteiger charge is -2.40. The Labute approximate surface area is 229 Å². The minimum absolute atomic E-state index is 0.0141. The number of piperazine rings is 1. The maximum atomic E-state index is 14.6. The van der Waals surface area contributed by atoms with Gasteiger partial charge in [-0.3, -0.25) is 4.79 Å². The van der Waals surface area contributed by atoms with Gasteiger partial charge in [-0.2, -0.15) is 0 Å². The number of fused-ring (bicyclic) bond motifs is 1. The van der Waals surface area contributed by atoms with E-state index < -0.39 is 32.8 Å². The molecule has 9 heteroatoms. The van der Waals surface area contributed by atoms with Crippen LogP contribution in [0.2, 0.25) is 0 Å². The first-order valence-corrected chi connectivity index (χ1v) is 14.9. The van der Waals surface area contributed by atoms with E-state index in [9.17, 15) is 17.6 Å². The minimum Gasteiger partial charge on any atom is -0.377 e. The van der Waals surface area contributed by atoms with Gasteiger partial charge in [-0.25, -0.2) is 17.9 Å². The molecule has 3 aromatic carbocycles. The molecule has 2 heterocycles. The number of sulfonamides is 1. The van der Waals surface area contributed by atoms with E-state index in [1.165, 1.54) is 17.3 Å². The number of primary sulfonamides is 1. The first-order chi connectivity index (χ1) is 18.4. The Kier molecular flexibility index (Phi) is 7.15. The zero-order chi connectivity index (χ0) is 27.9. The molecule has 0 spiro atoms. The van der Waals surface area contributed by atoms with Crippen LogP contribution in [0.1, 0.15) is 53.4 Å². The zero-order valence-corrected chi connectivity index (χ0v) is 23.4. The van der Waals surface area contributed by atoms with Crippen molar-refractivity contribution in [3.8, 4) is 0 Å². The van der Waals surface area contributed by atoms with E-state index in [0.29, 0.717) is 17.7 Å². The highest BCUT2D eigenvalue weighted by Gasteiger charge is 2.37. The van der Waals surface area contributed by atoms with Gasteiger partial charge in [0, 0.05) is 48.8 Å². The number of anilines is 3. The highest BCUT2D eigenvalue weighted by Crippen LogP contribution is 2.46. The van der Waals surface area contributed by atoms with Gasteiger partial charge in [0.25, 0.3) is 0 Å². The molecule has 1 fully saturated rings. The number of nitrogens with one attached hydrogen (secondary N) is 1. The van der Waals surface area contributed by atoms with E-state index in [0.717, 1.165) is 43.5 Å². The summed E-state index contributed by atoms with van der Waals surface area (Å²) in [6, 6.07) is 19.2. The van der Waals surface area contributed by atoms with Crippen molar-refractivity contribution >= 4 is 32.9 Å². The largest absolute Gasteiger partial charge is 0.377 e. The fourth-order valence-corrected chi connectivity index (χ4v) is 6.41. The van der Waals surface area contributed by atoms with Crippen molar-refractivity contribution in [2.75, 3.05) is 47.0 Å². The predicted molar refractivity (Wildman–Crippen MR) is 155 cm³/mol. The van der Waals surface area contributed by atoms with E-state index in [4.69, 9.17) is 5.14 Å². The highest BCUT2D eigenvalue weighted by molar-refractivity contribution is 7.89. The van der Waals surface area contributed by atoms with E-state index in [1.807, 2.05) is 19.9 Å². The van der Waals surface area contributed by atoms with Crippen LogP contribution in [0.15, 0.2) is 60.7 Å². The molecule has 0 radical (unpaired) electrons. The number of benzene rings is 3. The van der Waals surface area contributed by atoms with Crippen molar-refractivity contribution in [2.24, 2.45) is 5.14 Å². The number of rotatable bonds is 6. The van der Waals surface area contributed by atoms with Gasteiger partial charge in [0.1, 0.15) is 11.6 Å². The van der Waals surface area contributed by atoms with Crippen LogP contribution in [0.3, 0.4) is 0 Å². The third-order valence-electron chi connectivity index (χ3n) is 7.87. The van der Waals surface area contributed by atoms with Gasteiger partial charge >= 0.3 is 0 Å². The summed E-state index contributed by atoms with van der Waals surface area (Å²) < 4.78 is 37.8. The van der Waals surface area contributed by atoms with Crippen LogP contribution in [0.4, 0.5) is 21.5 Å². The third kappa shape index (κ3) is 5.79. The van der Waals surface area contributed by atoms with Crippen LogP contribution < -0.4 is 20.3 Å². The topological polar surface area (TPSA) is 95.7 Å². The van der Waals surface area contributed by atoms with Crippen molar-refractivity contribution in [3.63, 3.8) is 0 Å². The molecule has 3 aromatic rings. The zero-order valence-electron chi connectivity index (χ0n) is 22.6. The fourth-order valence-electron chi connectivity index (χ4n) is 5.89. The molecule has 206 valence electrons.